The Bertz CT molecular complexity index is 999. The third-order valence-corrected chi connectivity index (χ3v) is 5.17. The first-order chi connectivity index (χ1) is 13.9. The highest BCUT2D eigenvalue weighted by Gasteiger charge is 2.60. The zero-order valence-corrected chi connectivity index (χ0v) is 15.4. The molecular formula is C19H17F3N4O3. The lowest BCUT2D eigenvalue weighted by molar-refractivity contribution is 0.0987. The van der Waals surface area contributed by atoms with Gasteiger partial charge in [-0.05, 0) is 24.1 Å². The standard InChI is InChI=1S/C19H17F3N4O3/c1-28-16-7-24-13(6-25-16)14(27)4-9-2-11(17(22)12(21)3-9)19(8-20)10-5-15(10)29-18(23)26-19/h2-3,6-7,10,15H,4-5,8H2,1H3,(H2,23,26)/t10-,15+,19-/m1/s1. The topological polar surface area (TPSA) is 99.7 Å². The molecule has 0 bridgehead atoms. The molecule has 2 aromatic rings. The summed E-state index contributed by atoms with van der Waals surface area (Å²) < 4.78 is 53.2. The summed E-state index contributed by atoms with van der Waals surface area (Å²) in [5.74, 6) is -3.10. The zero-order valence-electron chi connectivity index (χ0n) is 15.4. The minimum atomic E-state index is -1.67. The van der Waals surface area contributed by atoms with E-state index in [2.05, 4.69) is 15.0 Å². The van der Waals surface area contributed by atoms with Crippen molar-refractivity contribution in [2.75, 3.05) is 13.8 Å². The van der Waals surface area contributed by atoms with Crippen molar-refractivity contribution in [2.24, 2.45) is 16.6 Å². The molecule has 1 fully saturated rings. The van der Waals surface area contributed by atoms with E-state index < -0.39 is 35.5 Å². The fourth-order valence-corrected chi connectivity index (χ4v) is 3.63. The Hall–Kier alpha value is -3.17. The second kappa shape index (κ2) is 7.02. The van der Waals surface area contributed by atoms with Gasteiger partial charge in [0.2, 0.25) is 5.88 Å². The number of alkyl halides is 1. The molecule has 29 heavy (non-hydrogen) atoms. The van der Waals surface area contributed by atoms with Crippen molar-refractivity contribution in [1.29, 1.82) is 0 Å². The summed E-state index contributed by atoms with van der Waals surface area (Å²) >= 11 is 0. The van der Waals surface area contributed by atoms with E-state index in [9.17, 15) is 18.0 Å². The summed E-state index contributed by atoms with van der Waals surface area (Å²) in [6.07, 6.45) is 2.26. The molecule has 0 radical (unpaired) electrons. The molecule has 4 rings (SSSR count). The lowest BCUT2D eigenvalue weighted by atomic mass is 9.84. The van der Waals surface area contributed by atoms with Gasteiger partial charge in [0.05, 0.1) is 19.5 Å². The second-order valence-corrected chi connectivity index (χ2v) is 6.99. The molecular weight excluding hydrogens is 389 g/mol. The maximum absolute atomic E-state index is 14.6. The van der Waals surface area contributed by atoms with Crippen LogP contribution in [0.15, 0.2) is 29.5 Å². The number of ketones is 1. The van der Waals surface area contributed by atoms with Crippen LogP contribution in [0.25, 0.3) is 0 Å². The maximum Gasteiger partial charge on any atom is 0.283 e. The van der Waals surface area contributed by atoms with E-state index in [1.54, 1.807) is 0 Å². The number of rotatable bonds is 6. The van der Waals surface area contributed by atoms with Crippen LogP contribution in [-0.2, 0) is 16.7 Å². The maximum atomic E-state index is 14.6. The Labute approximate surface area is 163 Å². The number of hydrogen-bond donors (Lipinski definition) is 1. The van der Waals surface area contributed by atoms with E-state index in [4.69, 9.17) is 15.2 Å². The van der Waals surface area contributed by atoms with Gasteiger partial charge in [-0.3, -0.25) is 4.79 Å². The van der Waals surface area contributed by atoms with Crippen molar-refractivity contribution in [1.82, 2.24) is 9.97 Å². The fourth-order valence-electron chi connectivity index (χ4n) is 3.63. The quantitative estimate of drug-likeness (QED) is 0.738. The lowest BCUT2D eigenvalue weighted by Gasteiger charge is -2.31. The Morgan fingerprint density at radius 1 is 1.34 bits per heavy atom. The molecule has 152 valence electrons. The summed E-state index contributed by atoms with van der Waals surface area (Å²) in [5.41, 5.74) is 3.86. The van der Waals surface area contributed by atoms with Gasteiger partial charge in [0.15, 0.2) is 17.4 Å². The summed E-state index contributed by atoms with van der Waals surface area (Å²) in [6, 6.07) is 1.89. The highest BCUT2D eigenvalue weighted by molar-refractivity contribution is 5.95. The van der Waals surface area contributed by atoms with Crippen LogP contribution in [0.3, 0.4) is 0 Å². The van der Waals surface area contributed by atoms with Crippen molar-refractivity contribution in [3.05, 3.63) is 53.0 Å². The Kier molecular flexibility index (Phi) is 4.64. The molecule has 0 saturated heterocycles. The van der Waals surface area contributed by atoms with E-state index in [1.807, 2.05) is 0 Å². The summed E-state index contributed by atoms with van der Waals surface area (Å²) in [4.78, 5) is 24.3. The first kappa shape index (κ1) is 19.2. The molecule has 0 unspecified atom stereocenters. The van der Waals surface area contributed by atoms with Crippen LogP contribution in [0.2, 0.25) is 0 Å². The molecule has 1 aliphatic carbocycles. The van der Waals surface area contributed by atoms with Gasteiger partial charge in [-0.25, -0.2) is 28.1 Å². The first-order valence-corrected chi connectivity index (χ1v) is 8.83. The predicted molar refractivity (Wildman–Crippen MR) is 95.2 cm³/mol. The largest absolute Gasteiger partial charge is 0.480 e. The van der Waals surface area contributed by atoms with Crippen LogP contribution in [0.5, 0.6) is 5.88 Å². The Balaban J connectivity index is 1.69. The zero-order chi connectivity index (χ0) is 20.8. The third kappa shape index (κ3) is 3.28. The van der Waals surface area contributed by atoms with Crippen molar-refractivity contribution in [3.8, 4) is 5.88 Å². The predicted octanol–water partition coefficient (Wildman–Crippen LogP) is 2.09. The van der Waals surface area contributed by atoms with Crippen LogP contribution < -0.4 is 10.5 Å². The number of Topliss-reactive ketones (excluding diaryl/α,β-unsaturated/α-hetero) is 1. The van der Waals surface area contributed by atoms with Crippen molar-refractivity contribution in [3.63, 3.8) is 0 Å². The van der Waals surface area contributed by atoms with E-state index in [0.717, 1.165) is 6.07 Å². The van der Waals surface area contributed by atoms with Crippen molar-refractivity contribution >= 4 is 11.8 Å². The number of nitrogens with zero attached hydrogens (tertiary/aromatic N) is 3. The molecule has 1 aromatic heterocycles. The van der Waals surface area contributed by atoms with Gasteiger partial charge in [0.25, 0.3) is 6.02 Å². The van der Waals surface area contributed by atoms with Gasteiger partial charge in [-0.2, -0.15) is 0 Å². The molecule has 2 heterocycles. The molecule has 0 amide bonds. The number of hydrogen-bond acceptors (Lipinski definition) is 7. The molecule has 3 atom stereocenters. The van der Waals surface area contributed by atoms with E-state index in [-0.39, 0.29) is 41.2 Å². The molecule has 1 aromatic carbocycles. The Morgan fingerprint density at radius 2 is 2.14 bits per heavy atom. The van der Waals surface area contributed by atoms with Gasteiger partial charge in [0, 0.05) is 17.9 Å². The monoisotopic (exact) mass is 406 g/mol. The van der Waals surface area contributed by atoms with Crippen molar-refractivity contribution < 1.29 is 27.4 Å². The van der Waals surface area contributed by atoms with E-state index >= 15 is 0 Å². The number of aromatic nitrogens is 2. The molecule has 2 N–H and O–H groups in total. The number of carbonyl (C=O) groups is 1. The summed E-state index contributed by atoms with van der Waals surface area (Å²) in [5, 5.41) is 0. The van der Waals surface area contributed by atoms with Gasteiger partial charge in [-0.1, -0.05) is 0 Å². The van der Waals surface area contributed by atoms with Gasteiger partial charge in [0.1, 0.15) is 24.0 Å². The number of fused-ring (bicyclic) bond motifs is 1. The number of ether oxygens (including phenoxy) is 2. The molecule has 10 heteroatoms. The van der Waals surface area contributed by atoms with E-state index in [0.29, 0.717) is 6.42 Å². The Morgan fingerprint density at radius 3 is 2.79 bits per heavy atom. The average molecular weight is 406 g/mol. The minimum Gasteiger partial charge on any atom is -0.480 e. The minimum absolute atomic E-state index is 0.0351. The fraction of sp³-hybridized carbons (Fsp3) is 0.368. The van der Waals surface area contributed by atoms with Gasteiger partial charge < -0.3 is 15.2 Å². The van der Waals surface area contributed by atoms with Gasteiger partial charge in [-0.15, -0.1) is 0 Å². The molecule has 7 nitrogen and oxygen atoms in total. The molecule has 1 aliphatic heterocycles. The summed E-state index contributed by atoms with van der Waals surface area (Å²) in [7, 11) is 1.41. The van der Waals surface area contributed by atoms with Crippen LogP contribution in [-0.4, -0.2) is 41.7 Å². The second-order valence-electron chi connectivity index (χ2n) is 6.99. The first-order valence-electron chi connectivity index (χ1n) is 8.83. The smallest absolute Gasteiger partial charge is 0.283 e. The van der Waals surface area contributed by atoms with Crippen LogP contribution in [0, 0.1) is 17.6 Å². The SMILES string of the molecule is COc1cnc(C(=O)Cc2cc(F)c(F)c([C@]3(CF)N=C(N)O[C@H]4C[C@H]43)c2)cn1. The number of methoxy groups -OCH3 is 1. The number of halogens is 3. The summed E-state index contributed by atoms with van der Waals surface area (Å²) in [6.45, 7) is -1.07. The lowest BCUT2D eigenvalue weighted by Crippen LogP contribution is -2.40. The van der Waals surface area contributed by atoms with Crippen LogP contribution in [0.4, 0.5) is 13.2 Å². The molecule has 1 saturated carbocycles. The van der Waals surface area contributed by atoms with Crippen LogP contribution >= 0.6 is 0 Å². The third-order valence-electron chi connectivity index (χ3n) is 5.17. The molecule has 2 aliphatic rings. The normalized spacial score (nSPS) is 24.9. The number of benzene rings is 1. The average Bonchev–Trinajstić information content (AvgIpc) is 3.49. The van der Waals surface area contributed by atoms with Gasteiger partial charge >= 0.3 is 0 Å². The number of aliphatic imine (C=N–C) groups is 1. The molecule has 0 spiro atoms. The number of nitrogens with two attached hydrogens (primary N) is 1. The van der Waals surface area contributed by atoms with Crippen LogP contribution in [0.1, 0.15) is 28.0 Å². The number of amidine groups is 1. The number of carbonyl (C=O) groups excluding carboxylic acids is 1. The van der Waals surface area contributed by atoms with Crippen molar-refractivity contribution in [2.45, 2.75) is 24.5 Å². The van der Waals surface area contributed by atoms with E-state index in [1.165, 1.54) is 25.6 Å². The highest BCUT2D eigenvalue weighted by atomic mass is 19.2. The highest BCUT2D eigenvalue weighted by Crippen LogP contribution is 2.53.